The summed E-state index contributed by atoms with van der Waals surface area (Å²) in [4.78, 5) is 30.0. The van der Waals surface area contributed by atoms with E-state index >= 15 is 0 Å². The Morgan fingerprint density at radius 3 is 2.35 bits per heavy atom. The van der Waals surface area contributed by atoms with Crippen molar-refractivity contribution < 1.29 is 9.59 Å². The zero-order chi connectivity index (χ0) is 17.4. The monoisotopic (exact) mass is 323 g/mol. The number of hydrogen-bond acceptors (Lipinski definition) is 5. The first kappa shape index (κ1) is 19.4. The molecular weight excluding hydrogens is 294 g/mol. The van der Waals surface area contributed by atoms with Crippen molar-refractivity contribution in [2.24, 2.45) is 0 Å². The second-order valence-electron chi connectivity index (χ2n) is 6.38. The van der Waals surface area contributed by atoms with Crippen LogP contribution < -0.4 is 5.32 Å². The summed E-state index contributed by atoms with van der Waals surface area (Å²) in [5.41, 5.74) is 0. The zero-order valence-corrected chi connectivity index (χ0v) is 14.7. The highest BCUT2D eigenvalue weighted by Crippen LogP contribution is 2.08. The van der Waals surface area contributed by atoms with Gasteiger partial charge >= 0.3 is 0 Å². The summed E-state index contributed by atoms with van der Waals surface area (Å²) in [7, 11) is 1.74. The Hall–Kier alpha value is -1.65. The number of nitriles is 1. The Bertz CT molecular complexity index is 438. The maximum absolute atomic E-state index is 12.3. The molecule has 1 atom stereocenters. The van der Waals surface area contributed by atoms with Crippen LogP contribution >= 0.6 is 0 Å². The lowest BCUT2D eigenvalue weighted by molar-refractivity contribution is -0.136. The van der Waals surface area contributed by atoms with E-state index in [1.165, 1.54) is 0 Å². The molecule has 1 rings (SSSR count). The van der Waals surface area contributed by atoms with Crippen LogP contribution in [0, 0.1) is 11.3 Å². The van der Waals surface area contributed by atoms with E-state index in [0.29, 0.717) is 19.5 Å². The molecule has 1 unspecified atom stereocenters. The minimum atomic E-state index is -0.190. The van der Waals surface area contributed by atoms with Crippen LogP contribution in [0.1, 0.15) is 27.2 Å². The topological polar surface area (TPSA) is 79.7 Å². The highest BCUT2D eigenvalue weighted by molar-refractivity contribution is 5.81. The van der Waals surface area contributed by atoms with Crippen molar-refractivity contribution >= 4 is 11.8 Å². The minimum absolute atomic E-state index is 0.0475. The second kappa shape index (κ2) is 9.48. The lowest BCUT2D eigenvalue weighted by Crippen LogP contribution is -2.55. The van der Waals surface area contributed by atoms with Crippen LogP contribution in [0.2, 0.25) is 0 Å². The molecule has 1 N–H and O–H groups in total. The number of nitrogens with zero attached hydrogens (tertiary/aromatic N) is 4. The molecule has 0 spiro atoms. The predicted octanol–water partition coefficient (Wildman–Crippen LogP) is -0.111. The van der Waals surface area contributed by atoms with Crippen molar-refractivity contribution in [3.8, 4) is 6.07 Å². The first-order valence-corrected chi connectivity index (χ1v) is 8.22. The molecule has 0 aromatic heterocycles. The van der Waals surface area contributed by atoms with E-state index in [0.717, 1.165) is 26.2 Å². The van der Waals surface area contributed by atoms with Gasteiger partial charge in [0.1, 0.15) is 0 Å². The van der Waals surface area contributed by atoms with Crippen LogP contribution in [0.25, 0.3) is 0 Å². The molecule has 7 heteroatoms. The molecule has 0 aliphatic carbocycles. The standard InChI is InChI=1S/C16H29N5O2/c1-13(2)18-15(22)12-20-8-10-21(11-9-20)14(3)16(23)19(4)7-5-6-17/h13-14H,5,7-12H2,1-4H3,(H,18,22). The number of nitrogens with one attached hydrogen (secondary N) is 1. The van der Waals surface area contributed by atoms with Gasteiger partial charge in [0, 0.05) is 45.8 Å². The van der Waals surface area contributed by atoms with Crippen LogP contribution in [0.4, 0.5) is 0 Å². The van der Waals surface area contributed by atoms with Crippen LogP contribution in [0.15, 0.2) is 0 Å². The quantitative estimate of drug-likeness (QED) is 0.707. The Labute approximate surface area is 139 Å². The van der Waals surface area contributed by atoms with Crippen molar-refractivity contribution in [3.63, 3.8) is 0 Å². The highest BCUT2D eigenvalue weighted by Gasteiger charge is 2.27. The van der Waals surface area contributed by atoms with Gasteiger partial charge < -0.3 is 10.2 Å². The van der Waals surface area contributed by atoms with Gasteiger partial charge in [-0.15, -0.1) is 0 Å². The van der Waals surface area contributed by atoms with E-state index in [1.54, 1.807) is 11.9 Å². The summed E-state index contributed by atoms with van der Waals surface area (Å²) in [6.45, 7) is 9.80. The average molecular weight is 323 g/mol. The SMILES string of the molecule is CC(C)NC(=O)CN1CCN(C(C)C(=O)N(C)CCC#N)CC1. The minimum Gasteiger partial charge on any atom is -0.353 e. The molecule has 0 aromatic carbocycles. The number of carbonyl (C=O) groups excluding carboxylic acids is 2. The fraction of sp³-hybridized carbons (Fsp3) is 0.812. The van der Waals surface area contributed by atoms with Crippen molar-refractivity contribution in [2.45, 2.75) is 39.3 Å². The average Bonchev–Trinajstić information content (AvgIpc) is 2.51. The molecule has 0 bridgehead atoms. The molecule has 130 valence electrons. The fourth-order valence-corrected chi connectivity index (χ4v) is 2.68. The molecular formula is C16H29N5O2. The molecule has 2 amide bonds. The smallest absolute Gasteiger partial charge is 0.239 e. The normalized spacial score (nSPS) is 17.6. The Kier molecular flexibility index (Phi) is 8.00. The third-order valence-corrected chi connectivity index (χ3v) is 4.06. The largest absolute Gasteiger partial charge is 0.353 e. The summed E-state index contributed by atoms with van der Waals surface area (Å²) in [6.07, 6.45) is 0.355. The highest BCUT2D eigenvalue weighted by atomic mass is 16.2. The molecule has 0 radical (unpaired) electrons. The zero-order valence-electron chi connectivity index (χ0n) is 14.7. The molecule has 1 saturated heterocycles. The van der Waals surface area contributed by atoms with Gasteiger partial charge in [-0.1, -0.05) is 0 Å². The molecule has 7 nitrogen and oxygen atoms in total. The van der Waals surface area contributed by atoms with E-state index < -0.39 is 0 Å². The van der Waals surface area contributed by atoms with Crippen LogP contribution in [0.5, 0.6) is 0 Å². The number of amides is 2. The van der Waals surface area contributed by atoms with E-state index in [-0.39, 0.29) is 23.9 Å². The van der Waals surface area contributed by atoms with Crippen molar-refractivity contribution in [1.29, 1.82) is 5.26 Å². The number of likely N-dealkylation sites (N-methyl/N-ethyl adjacent to an activating group) is 1. The lowest BCUT2D eigenvalue weighted by Gasteiger charge is -2.38. The van der Waals surface area contributed by atoms with Gasteiger partial charge in [-0.05, 0) is 20.8 Å². The van der Waals surface area contributed by atoms with Crippen molar-refractivity contribution in [3.05, 3.63) is 0 Å². The number of rotatable bonds is 7. The van der Waals surface area contributed by atoms with Gasteiger partial charge in [0.15, 0.2) is 0 Å². The van der Waals surface area contributed by atoms with E-state index in [9.17, 15) is 9.59 Å². The van der Waals surface area contributed by atoms with Crippen molar-refractivity contribution in [1.82, 2.24) is 20.0 Å². The summed E-state index contributed by atoms with van der Waals surface area (Å²) in [6, 6.07) is 2.03. The predicted molar refractivity (Wildman–Crippen MR) is 88.6 cm³/mol. The lowest BCUT2D eigenvalue weighted by atomic mass is 10.2. The maximum atomic E-state index is 12.3. The van der Waals surface area contributed by atoms with Crippen molar-refractivity contribution in [2.75, 3.05) is 46.3 Å². The molecule has 0 saturated carbocycles. The van der Waals surface area contributed by atoms with E-state index in [1.807, 2.05) is 20.8 Å². The summed E-state index contributed by atoms with van der Waals surface area (Å²) in [5, 5.41) is 11.5. The third kappa shape index (κ3) is 6.55. The molecule has 1 aliphatic heterocycles. The summed E-state index contributed by atoms with van der Waals surface area (Å²) < 4.78 is 0. The Morgan fingerprint density at radius 2 is 1.83 bits per heavy atom. The molecule has 0 aromatic rings. The van der Waals surface area contributed by atoms with Gasteiger partial charge in [0.05, 0.1) is 25.1 Å². The molecule has 1 fully saturated rings. The van der Waals surface area contributed by atoms with Gasteiger partial charge in [0.2, 0.25) is 11.8 Å². The molecule has 23 heavy (non-hydrogen) atoms. The van der Waals surface area contributed by atoms with Crippen LogP contribution in [-0.2, 0) is 9.59 Å². The maximum Gasteiger partial charge on any atom is 0.239 e. The number of carbonyl (C=O) groups is 2. The molecule has 1 aliphatic rings. The van der Waals surface area contributed by atoms with Crippen LogP contribution in [-0.4, -0.2) is 84.9 Å². The third-order valence-electron chi connectivity index (χ3n) is 4.06. The Balaban J connectivity index is 2.39. The van der Waals surface area contributed by atoms with Gasteiger partial charge in [-0.25, -0.2) is 0 Å². The van der Waals surface area contributed by atoms with E-state index in [2.05, 4.69) is 21.2 Å². The number of piperazine rings is 1. The summed E-state index contributed by atoms with van der Waals surface area (Å²) in [5.74, 6) is 0.0973. The van der Waals surface area contributed by atoms with E-state index in [4.69, 9.17) is 5.26 Å². The first-order valence-electron chi connectivity index (χ1n) is 8.22. The van der Waals surface area contributed by atoms with Gasteiger partial charge in [-0.2, -0.15) is 5.26 Å². The van der Waals surface area contributed by atoms with Crippen LogP contribution in [0.3, 0.4) is 0 Å². The first-order chi connectivity index (χ1) is 10.8. The second-order valence-corrected chi connectivity index (χ2v) is 6.38. The number of hydrogen-bond donors (Lipinski definition) is 1. The summed E-state index contributed by atoms with van der Waals surface area (Å²) >= 11 is 0. The fourth-order valence-electron chi connectivity index (χ4n) is 2.68. The molecule has 1 heterocycles. The van der Waals surface area contributed by atoms with Gasteiger partial charge in [0.25, 0.3) is 0 Å². The Morgan fingerprint density at radius 1 is 1.22 bits per heavy atom. The van der Waals surface area contributed by atoms with Gasteiger partial charge in [-0.3, -0.25) is 19.4 Å².